The molecule has 1 amide bonds. The van der Waals surface area contributed by atoms with E-state index in [1.54, 1.807) is 6.20 Å². The molecule has 0 radical (unpaired) electrons. The molecule has 3 fully saturated rings. The van der Waals surface area contributed by atoms with E-state index in [4.69, 9.17) is 14.7 Å². The maximum atomic E-state index is 12.8. The Morgan fingerprint density at radius 1 is 1.31 bits per heavy atom. The first-order valence-electron chi connectivity index (χ1n) is 8.97. The normalized spacial score (nSPS) is 26.4. The summed E-state index contributed by atoms with van der Waals surface area (Å²) in [5.74, 6) is 0.738. The number of morpholine rings is 1. The number of amides is 1. The molecule has 1 atom stereocenters. The van der Waals surface area contributed by atoms with Crippen molar-refractivity contribution in [2.75, 3.05) is 37.7 Å². The number of ether oxygens (including phenoxy) is 2. The van der Waals surface area contributed by atoms with E-state index >= 15 is 0 Å². The third kappa shape index (κ3) is 3.13. The van der Waals surface area contributed by atoms with E-state index in [0.717, 1.165) is 12.8 Å². The topological polar surface area (TPSA) is 91.6 Å². The summed E-state index contributed by atoms with van der Waals surface area (Å²) in [7, 11) is 0. The van der Waals surface area contributed by atoms with Gasteiger partial charge >= 0.3 is 0 Å². The Morgan fingerprint density at radius 2 is 2.12 bits per heavy atom. The van der Waals surface area contributed by atoms with E-state index in [2.05, 4.69) is 9.97 Å². The Kier molecular flexibility index (Phi) is 4.09. The molecule has 4 heterocycles. The van der Waals surface area contributed by atoms with E-state index in [0.29, 0.717) is 44.3 Å². The van der Waals surface area contributed by atoms with Gasteiger partial charge in [0.2, 0.25) is 0 Å². The zero-order valence-corrected chi connectivity index (χ0v) is 15.1. The summed E-state index contributed by atoms with van der Waals surface area (Å²) < 4.78 is 11.9. The number of carbonyl (C=O) groups is 1. The van der Waals surface area contributed by atoms with Crippen LogP contribution in [0.25, 0.3) is 0 Å². The van der Waals surface area contributed by atoms with Crippen LogP contribution in [-0.4, -0.2) is 70.9 Å². The zero-order valence-electron chi connectivity index (χ0n) is 15.1. The Labute approximate surface area is 152 Å². The molecule has 1 aromatic rings. The quantitative estimate of drug-likeness (QED) is 0.770. The summed E-state index contributed by atoms with van der Waals surface area (Å²) in [6.45, 7) is 7.06. The van der Waals surface area contributed by atoms with Gasteiger partial charge in [0, 0.05) is 13.2 Å². The second-order valence-electron chi connectivity index (χ2n) is 7.97. The first kappa shape index (κ1) is 17.2. The molecule has 3 aliphatic heterocycles. The molecular weight excluding hydrogens is 334 g/mol. The third-order valence-corrected chi connectivity index (χ3v) is 5.08. The maximum Gasteiger partial charge on any atom is 0.251 e. The zero-order chi connectivity index (χ0) is 18.4. The van der Waals surface area contributed by atoms with Gasteiger partial charge in [0.05, 0.1) is 37.6 Å². The minimum absolute atomic E-state index is 0.0722. The van der Waals surface area contributed by atoms with Crippen molar-refractivity contribution < 1.29 is 14.3 Å². The number of nitriles is 1. The average Bonchev–Trinajstić information content (AvgIpc) is 3.12. The van der Waals surface area contributed by atoms with Gasteiger partial charge in [0.15, 0.2) is 5.69 Å². The lowest BCUT2D eigenvalue weighted by atomic mass is 9.88. The molecule has 0 N–H and O–H groups in total. The number of hydrogen-bond acceptors (Lipinski definition) is 7. The standard InChI is InChI=1S/C18H23N5O3/c1-17(2)9-23(16(24)14-4-3-5-25-14)12-18(26-17)10-22(11-18)15-8-20-7-13(6-19)21-15/h7-8,14H,3-5,9-12H2,1-2H3. The van der Waals surface area contributed by atoms with Crippen LogP contribution in [0.15, 0.2) is 12.4 Å². The highest BCUT2D eigenvalue weighted by Gasteiger charge is 2.54. The summed E-state index contributed by atoms with van der Waals surface area (Å²) in [5.41, 5.74) is -0.539. The number of nitrogens with zero attached hydrogens (tertiary/aromatic N) is 5. The first-order valence-corrected chi connectivity index (χ1v) is 8.97. The molecule has 0 saturated carbocycles. The molecule has 8 nitrogen and oxygen atoms in total. The summed E-state index contributed by atoms with van der Waals surface area (Å²) in [6, 6.07) is 2.01. The van der Waals surface area contributed by atoms with Crippen molar-refractivity contribution in [2.24, 2.45) is 0 Å². The monoisotopic (exact) mass is 357 g/mol. The summed E-state index contributed by atoms with van der Waals surface area (Å²) in [6.07, 6.45) is 4.52. The van der Waals surface area contributed by atoms with Crippen LogP contribution >= 0.6 is 0 Å². The molecule has 4 rings (SSSR count). The van der Waals surface area contributed by atoms with Gasteiger partial charge in [-0.1, -0.05) is 0 Å². The Bertz CT molecular complexity index is 747. The SMILES string of the molecule is CC1(C)CN(C(=O)C2CCCO2)CC2(CN(c3cncc(C#N)n3)C2)O1. The van der Waals surface area contributed by atoms with Gasteiger partial charge < -0.3 is 19.3 Å². The van der Waals surface area contributed by atoms with Crippen LogP contribution < -0.4 is 4.90 Å². The van der Waals surface area contributed by atoms with E-state index in [1.165, 1.54) is 6.20 Å². The van der Waals surface area contributed by atoms with Crippen molar-refractivity contribution in [1.82, 2.24) is 14.9 Å². The van der Waals surface area contributed by atoms with Gasteiger partial charge in [-0.3, -0.25) is 9.78 Å². The molecule has 0 aliphatic carbocycles. The maximum absolute atomic E-state index is 12.8. The van der Waals surface area contributed by atoms with Crippen molar-refractivity contribution in [2.45, 2.75) is 44.0 Å². The van der Waals surface area contributed by atoms with Crippen molar-refractivity contribution in [3.63, 3.8) is 0 Å². The molecule has 0 bridgehead atoms. The highest BCUT2D eigenvalue weighted by atomic mass is 16.5. The number of rotatable bonds is 2. The molecule has 3 aliphatic rings. The van der Waals surface area contributed by atoms with Crippen LogP contribution in [-0.2, 0) is 14.3 Å². The molecule has 26 heavy (non-hydrogen) atoms. The van der Waals surface area contributed by atoms with Crippen molar-refractivity contribution in [3.05, 3.63) is 18.1 Å². The lowest BCUT2D eigenvalue weighted by Crippen LogP contribution is -2.74. The number of anilines is 1. The number of carbonyl (C=O) groups excluding carboxylic acids is 1. The van der Waals surface area contributed by atoms with Crippen LogP contribution in [0.3, 0.4) is 0 Å². The van der Waals surface area contributed by atoms with Crippen LogP contribution in [0.1, 0.15) is 32.4 Å². The molecule has 8 heteroatoms. The van der Waals surface area contributed by atoms with Gasteiger partial charge in [-0.05, 0) is 26.7 Å². The van der Waals surface area contributed by atoms with Crippen LogP contribution in [0.4, 0.5) is 5.82 Å². The van der Waals surface area contributed by atoms with Crippen LogP contribution in [0.5, 0.6) is 0 Å². The fourth-order valence-electron chi connectivity index (χ4n) is 4.18. The molecule has 138 valence electrons. The van der Waals surface area contributed by atoms with Gasteiger partial charge in [0.1, 0.15) is 23.6 Å². The summed E-state index contributed by atoms with van der Waals surface area (Å²) in [4.78, 5) is 25.1. The molecule has 1 aromatic heterocycles. The largest absolute Gasteiger partial charge is 0.368 e. The van der Waals surface area contributed by atoms with E-state index in [-0.39, 0.29) is 12.0 Å². The summed E-state index contributed by atoms with van der Waals surface area (Å²) >= 11 is 0. The molecule has 3 saturated heterocycles. The lowest BCUT2D eigenvalue weighted by molar-refractivity contribution is -0.211. The third-order valence-electron chi connectivity index (χ3n) is 5.08. The van der Waals surface area contributed by atoms with Gasteiger partial charge in [-0.25, -0.2) is 4.98 Å². The predicted molar refractivity (Wildman–Crippen MR) is 92.4 cm³/mol. The Balaban J connectivity index is 1.48. The average molecular weight is 357 g/mol. The van der Waals surface area contributed by atoms with Gasteiger partial charge in [0.25, 0.3) is 5.91 Å². The van der Waals surface area contributed by atoms with E-state index < -0.39 is 11.2 Å². The fourth-order valence-corrected chi connectivity index (χ4v) is 4.18. The van der Waals surface area contributed by atoms with Gasteiger partial charge in [-0.15, -0.1) is 0 Å². The smallest absolute Gasteiger partial charge is 0.251 e. The van der Waals surface area contributed by atoms with E-state index in [9.17, 15) is 4.79 Å². The second-order valence-corrected chi connectivity index (χ2v) is 7.97. The molecule has 1 spiro atoms. The van der Waals surface area contributed by atoms with Gasteiger partial charge in [-0.2, -0.15) is 5.26 Å². The Hall–Kier alpha value is -2.24. The summed E-state index contributed by atoms with van der Waals surface area (Å²) in [5, 5.41) is 8.99. The fraction of sp³-hybridized carbons (Fsp3) is 0.667. The molecule has 0 aromatic carbocycles. The predicted octanol–water partition coefficient (Wildman–Crippen LogP) is 0.723. The first-order chi connectivity index (χ1) is 12.4. The minimum atomic E-state index is -0.418. The highest BCUT2D eigenvalue weighted by molar-refractivity contribution is 5.81. The molecule has 1 unspecified atom stereocenters. The number of hydrogen-bond donors (Lipinski definition) is 0. The number of aromatic nitrogens is 2. The second kappa shape index (κ2) is 6.18. The van der Waals surface area contributed by atoms with Crippen molar-refractivity contribution >= 4 is 11.7 Å². The van der Waals surface area contributed by atoms with Crippen LogP contribution in [0, 0.1) is 11.3 Å². The Morgan fingerprint density at radius 3 is 2.81 bits per heavy atom. The molecular formula is C18H23N5O3. The van der Waals surface area contributed by atoms with Crippen molar-refractivity contribution in [1.29, 1.82) is 5.26 Å². The van der Waals surface area contributed by atoms with Crippen molar-refractivity contribution in [3.8, 4) is 6.07 Å². The minimum Gasteiger partial charge on any atom is -0.368 e. The van der Waals surface area contributed by atoms with Crippen LogP contribution in [0.2, 0.25) is 0 Å². The highest BCUT2D eigenvalue weighted by Crippen LogP contribution is 2.38. The lowest BCUT2D eigenvalue weighted by Gasteiger charge is -2.58. The van der Waals surface area contributed by atoms with E-state index in [1.807, 2.05) is 29.7 Å².